The Labute approximate surface area is 91.0 Å². The summed E-state index contributed by atoms with van der Waals surface area (Å²) < 4.78 is 1.80. The van der Waals surface area contributed by atoms with Crippen LogP contribution in [0.1, 0.15) is 9.75 Å². The molecule has 0 amide bonds. The molecule has 5 nitrogen and oxygen atoms in total. The Bertz CT molecular complexity index is 493. The molecule has 0 aliphatic heterocycles. The van der Waals surface area contributed by atoms with Crippen LogP contribution >= 0.6 is 11.3 Å². The van der Waals surface area contributed by atoms with Gasteiger partial charge in [0.15, 0.2) is 0 Å². The number of aromatic nitrogens is 3. The summed E-state index contributed by atoms with van der Waals surface area (Å²) in [5.74, 6) is 0.724. The van der Waals surface area contributed by atoms with Crippen molar-refractivity contribution in [2.24, 2.45) is 7.05 Å². The monoisotopic (exact) mass is 219 g/mol. The number of hydrogen-bond donors (Lipinski definition) is 1. The van der Waals surface area contributed by atoms with Gasteiger partial charge >= 0.3 is 0 Å². The van der Waals surface area contributed by atoms with Gasteiger partial charge in [0.25, 0.3) is 0 Å². The number of nitrogens with one attached hydrogen (secondary N) is 1. The number of anilines is 1. The van der Waals surface area contributed by atoms with Crippen molar-refractivity contribution in [2.45, 2.75) is 6.54 Å². The molecular formula is C9H9N5S. The number of rotatable bonds is 3. The van der Waals surface area contributed by atoms with E-state index in [2.05, 4.69) is 21.6 Å². The lowest BCUT2D eigenvalue weighted by atomic mass is 10.4. The molecule has 0 bridgehead atoms. The zero-order chi connectivity index (χ0) is 10.7. The first-order valence-corrected chi connectivity index (χ1v) is 5.18. The third-order valence-corrected chi connectivity index (χ3v) is 2.89. The van der Waals surface area contributed by atoms with Crippen molar-refractivity contribution in [3.8, 4) is 6.07 Å². The minimum absolute atomic E-state index is 0.666. The number of nitrogens with zero attached hydrogens (tertiary/aromatic N) is 4. The zero-order valence-electron chi connectivity index (χ0n) is 8.14. The van der Waals surface area contributed by atoms with Crippen LogP contribution < -0.4 is 5.32 Å². The van der Waals surface area contributed by atoms with Crippen LogP contribution in [0.5, 0.6) is 0 Å². The molecule has 2 rings (SSSR count). The highest BCUT2D eigenvalue weighted by molar-refractivity contribution is 7.12. The lowest BCUT2D eigenvalue weighted by Crippen LogP contribution is -2.03. The van der Waals surface area contributed by atoms with Gasteiger partial charge < -0.3 is 9.88 Å². The fourth-order valence-corrected chi connectivity index (χ4v) is 1.89. The lowest BCUT2D eigenvalue weighted by Gasteiger charge is -2.01. The van der Waals surface area contributed by atoms with Crippen LogP contribution in [0.4, 0.5) is 5.95 Å². The van der Waals surface area contributed by atoms with Crippen molar-refractivity contribution in [3.05, 3.63) is 28.2 Å². The van der Waals surface area contributed by atoms with Crippen molar-refractivity contribution in [2.75, 3.05) is 5.32 Å². The van der Waals surface area contributed by atoms with E-state index in [0.29, 0.717) is 6.54 Å². The smallest absolute Gasteiger partial charge is 0.224 e. The maximum Gasteiger partial charge on any atom is 0.224 e. The van der Waals surface area contributed by atoms with E-state index in [1.807, 2.05) is 19.2 Å². The number of thiophene rings is 1. The van der Waals surface area contributed by atoms with Gasteiger partial charge in [-0.25, -0.2) is 0 Å². The molecule has 0 fully saturated rings. The van der Waals surface area contributed by atoms with Gasteiger partial charge in [0.05, 0.1) is 6.54 Å². The summed E-state index contributed by atoms with van der Waals surface area (Å²) in [6.45, 7) is 0.666. The van der Waals surface area contributed by atoms with Gasteiger partial charge in [-0.1, -0.05) is 0 Å². The van der Waals surface area contributed by atoms with E-state index < -0.39 is 0 Å². The van der Waals surface area contributed by atoms with E-state index in [4.69, 9.17) is 5.26 Å². The topological polar surface area (TPSA) is 66.5 Å². The normalized spacial score (nSPS) is 9.87. The van der Waals surface area contributed by atoms with Gasteiger partial charge in [-0.15, -0.1) is 21.5 Å². The summed E-state index contributed by atoms with van der Waals surface area (Å²) in [7, 11) is 1.87. The Morgan fingerprint density at radius 3 is 3.07 bits per heavy atom. The van der Waals surface area contributed by atoms with Crippen molar-refractivity contribution >= 4 is 17.3 Å². The van der Waals surface area contributed by atoms with Crippen LogP contribution in [0.2, 0.25) is 0 Å². The molecule has 0 aliphatic carbocycles. The van der Waals surface area contributed by atoms with Crippen molar-refractivity contribution in [1.29, 1.82) is 5.26 Å². The van der Waals surface area contributed by atoms with Gasteiger partial charge in [0.2, 0.25) is 5.95 Å². The Morgan fingerprint density at radius 2 is 2.47 bits per heavy atom. The molecule has 1 N–H and O–H groups in total. The van der Waals surface area contributed by atoms with Gasteiger partial charge in [-0.3, -0.25) is 0 Å². The van der Waals surface area contributed by atoms with Crippen LogP contribution in [-0.4, -0.2) is 14.8 Å². The molecule has 76 valence electrons. The second-order valence-corrected chi connectivity index (χ2v) is 4.17. The summed E-state index contributed by atoms with van der Waals surface area (Å²) in [6, 6.07) is 5.86. The van der Waals surface area contributed by atoms with E-state index >= 15 is 0 Å². The maximum absolute atomic E-state index is 8.66. The average molecular weight is 219 g/mol. The third-order valence-electron chi connectivity index (χ3n) is 1.90. The summed E-state index contributed by atoms with van der Waals surface area (Å²) in [6.07, 6.45) is 1.64. The van der Waals surface area contributed by atoms with Gasteiger partial charge in [-0.05, 0) is 12.1 Å². The number of nitriles is 1. The molecule has 0 saturated carbocycles. The lowest BCUT2D eigenvalue weighted by molar-refractivity contribution is 0.901. The second kappa shape index (κ2) is 4.11. The van der Waals surface area contributed by atoms with Crippen molar-refractivity contribution in [1.82, 2.24) is 14.8 Å². The van der Waals surface area contributed by atoms with Crippen LogP contribution in [0.25, 0.3) is 0 Å². The largest absolute Gasteiger partial charge is 0.349 e. The van der Waals surface area contributed by atoms with Gasteiger partial charge in [0.1, 0.15) is 17.3 Å². The molecule has 0 atom stereocenters. The van der Waals surface area contributed by atoms with Crippen molar-refractivity contribution in [3.63, 3.8) is 0 Å². The highest BCUT2D eigenvalue weighted by atomic mass is 32.1. The van der Waals surface area contributed by atoms with Gasteiger partial charge in [0, 0.05) is 11.9 Å². The first kappa shape index (κ1) is 9.68. The van der Waals surface area contributed by atoms with Crippen LogP contribution in [0.3, 0.4) is 0 Å². The second-order valence-electron chi connectivity index (χ2n) is 3.00. The maximum atomic E-state index is 8.66. The minimum Gasteiger partial charge on any atom is -0.349 e. The molecule has 0 spiro atoms. The third kappa shape index (κ3) is 2.14. The standard InChI is InChI=1S/C9H9N5S/c1-14-6-12-13-9(14)11-5-8-3-2-7(4-10)15-8/h2-3,6H,5H2,1H3,(H,11,13). The molecular weight excluding hydrogens is 210 g/mol. The molecule has 15 heavy (non-hydrogen) atoms. The van der Waals surface area contributed by atoms with E-state index in [0.717, 1.165) is 15.7 Å². The van der Waals surface area contributed by atoms with E-state index in [9.17, 15) is 0 Å². The van der Waals surface area contributed by atoms with Crippen LogP contribution in [0, 0.1) is 11.3 Å². The number of aryl methyl sites for hydroxylation is 1. The highest BCUT2D eigenvalue weighted by Gasteiger charge is 2.02. The first-order chi connectivity index (χ1) is 7.29. The Kier molecular flexibility index (Phi) is 2.65. The highest BCUT2D eigenvalue weighted by Crippen LogP contribution is 2.16. The summed E-state index contributed by atoms with van der Waals surface area (Å²) in [4.78, 5) is 1.83. The predicted octanol–water partition coefficient (Wildman–Crippen LogP) is 1.36. The molecule has 0 saturated heterocycles. The molecule has 0 aliphatic rings. The molecule has 6 heteroatoms. The van der Waals surface area contributed by atoms with Gasteiger partial charge in [-0.2, -0.15) is 5.26 Å². The Morgan fingerprint density at radius 1 is 1.60 bits per heavy atom. The quantitative estimate of drug-likeness (QED) is 0.846. The van der Waals surface area contributed by atoms with E-state index in [1.165, 1.54) is 11.3 Å². The average Bonchev–Trinajstić information content (AvgIpc) is 2.84. The summed E-state index contributed by atoms with van der Waals surface area (Å²) >= 11 is 1.48. The zero-order valence-corrected chi connectivity index (χ0v) is 8.95. The molecule has 2 aromatic heterocycles. The Hall–Kier alpha value is -1.87. The summed E-state index contributed by atoms with van der Waals surface area (Å²) in [5.41, 5.74) is 0. The molecule has 2 aromatic rings. The van der Waals surface area contributed by atoms with E-state index in [1.54, 1.807) is 10.9 Å². The molecule has 2 heterocycles. The first-order valence-electron chi connectivity index (χ1n) is 4.36. The van der Waals surface area contributed by atoms with Crippen LogP contribution in [0.15, 0.2) is 18.5 Å². The molecule has 0 unspecified atom stereocenters. The van der Waals surface area contributed by atoms with E-state index in [-0.39, 0.29) is 0 Å². The molecule has 0 aromatic carbocycles. The molecule has 0 radical (unpaired) electrons. The van der Waals surface area contributed by atoms with Crippen LogP contribution in [-0.2, 0) is 13.6 Å². The number of hydrogen-bond acceptors (Lipinski definition) is 5. The minimum atomic E-state index is 0.666. The van der Waals surface area contributed by atoms with Crippen molar-refractivity contribution < 1.29 is 0 Å². The fourth-order valence-electron chi connectivity index (χ4n) is 1.14. The predicted molar refractivity (Wildman–Crippen MR) is 57.4 cm³/mol. The SMILES string of the molecule is Cn1cnnc1NCc1ccc(C#N)s1. The Balaban J connectivity index is 2.00. The fraction of sp³-hybridized carbons (Fsp3) is 0.222. The summed E-state index contributed by atoms with van der Waals surface area (Å²) in [5, 5.41) is 19.5.